The number of nitrogens with one attached hydrogen (secondary N) is 1. The Kier molecular flexibility index (Phi) is 3.26. The van der Waals surface area contributed by atoms with Crippen molar-refractivity contribution in [2.45, 2.75) is 45.4 Å². The molecule has 1 aliphatic heterocycles. The molecule has 2 aliphatic rings. The number of fused-ring (bicyclic) bond motifs is 1. The normalized spacial score (nSPS) is 41.8. The summed E-state index contributed by atoms with van der Waals surface area (Å²) in [7, 11) is 0. The minimum atomic E-state index is 0.993. The van der Waals surface area contributed by atoms with E-state index < -0.39 is 0 Å². The predicted molar refractivity (Wildman–Crippen MR) is 56.7 cm³/mol. The molecule has 0 aromatic heterocycles. The predicted octanol–water partition coefficient (Wildman–Crippen LogP) is 2.81. The molecule has 1 heterocycles. The van der Waals surface area contributed by atoms with Crippen LogP contribution >= 0.6 is 0 Å². The third-order valence-corrected chi connectivity index (χ3v) is 4.06. The molecular formula is C12H23N. The standard InChI is InChI=1S/C12H23N/c1-10-4-6-11-3-2-8-13-9-12(11)7-5-10/h10-13H,2-9H2,1H3/t10?,11-,12?/m0/s1. The van der Waals surface area contributed by atoms with E-state index in [1.54, 1.807) is 0 Å². The van der Waals surface area contributed by atoms with Crippen molar-refractivity contribution in [2.75, 3.05) is 13.1 Å². The summed E-state index contributed by atoms with van der Waals surface area (Å²) in [5, 5.41) is 3.59. The maximum absolute atomic E-state index is 3.59. The Balaban J connectivity index is 1.95. The first-order valence-corrected chi connectivity index (χ1v) is 6.07. The van der Waals surface area contributed by atoms with Crippen LogP contribution in [0.3, 0.4) is 0 Å². The molecule has 0 bridgehead atoms. The van der Waals surface area contributed by atoms with Crippen molar-refractivity contribution >= 4 is 0 Å². The van der Waals surface area contributed by atoms with Gasteiger partial charge in [-0.15, -0.1) is 0 Å². The van der Waals surface area contributed by atoms with Crippen LogP contribution in [0.5, 0.6) is 0 Å². The molecular weight excluding hydrogens is 158 g/mol. The fourth-order valence-electron chi connectivity index (χ4n) is 3.04. The molecule has 2 unspecified atom stereocenters. The van der Waals surface area contributed by atoms with Crippen molar-refractivity contribution in [1.29, 1.82) is 0 Å². The van der Waals surface area contributed by atoms with Crippen LogP contribution in [-0.2, 0) is 0 Å². The Morgan fingerprint density at radius 2 is 1.69 bits per heavy atom. The maximum atomic E-state index is 3.59. The average molecular weight is 181 g/mol. The molecule has 0 aromatic carbocycles. The molecule has 1 N–H and O–H groups in total. The van der Waals surface area contributed by atoms with Crippen LogP contribution in [0.15, 0.2) is 0 Å². The van der Waals surface area contributed by atoms with Gasteiger partial charge in [-0.3, -0.25) is 0 Å². The smallest absolute Gasteiger partial charge is 0.00179 e. The van der Waals surface area contributed by atoms with Gasteiger partial charge in [0.05, 0.1) is 0 Å². The van der Waals surface area contributed by atoms with Crippen molar-refractivity contribution in [3.05, 3.63) is 0 Å². The summed E-state index contributed by atoms with van der Waals surface area (Å²) in [5.74, 6) is 3.05. The van der Waals surface area contributed by atoms with Crippen LogP contribution in [0.25, 0.3) is 0 Å². The molecule has 1 heteroatoms. The molecule has 76 valence electrons. The van der Waals surface area contributed by atoms with Gasteiger partial charge in [-0.2, -0.15) is 0 Å². The Morgan fingerprint density at radius 3 is 2.54 bits per heavy atom. The second-order valence-electron chi connectivity index (χ2n) is 5.13. The lowest BCUT2D eigenvalue weighted by atomic mass is 9.86. The van der Waals surface area contributed by atoms with E-state index in [0.29, 0.717) is 0 Å². The summed E-state index contributed by atoms with van der Waals surface area (Å²) >= 11 is 0. The number of rotatable bonds is 0. The molecule has 0 spiro atoms. The van der Waals surface area contributed by atoms with E-state index in [4.69, 9.17) is 0 Å². The highest BCUT2D eigenvalue weighted by atomic mass is 14.9. The van der Waals surface area contributed by atoms with E-state index in [9.17, 15) is 0 Å². The third-order valence-electron chi connectivity index (χ3n) is 4.06. The third kappa shape index (κ3) is 2.46. The van der Waals surface area contributed by atoms with E-state index in [0.717, 1.165) is 17.8 Å². The van der Waals surface area contributed by atoms with Crippen LogP contribution in [0.1, 0.15) is 45.4 Å². The number of hydrogen-bond acceptors (Lipinski definition) is 1. The zero-order valence-corrected chi connectivity index (χ0v) is 8.89. The Labute approximate surface area is 82.3 Å². The van der Waals surface area contributed by atoms with Gasteiger partial charge in [0.15, 0.2) is 0 Å². The molecule has 2 rings (SSSR count). The molecule has 2 fully saturated rings. The van der Waals surface area contributed by atoms with Crippen molar-refractivity contribution in [3.8, 4) is 0 Å². The van der Waals surface area contributed by atoms with E-state index in [1.807, 2.05) is 0 Å². The van der Waals surface area contributed by atoms with Gasteiger partial charge >= 0.3 is 0 Å². The molecule has 3 atom stereocenters. The fourth-order valence-corrected chi connectivity index (χ4v) is 3.04. The lowest BCUT2D eigenvalue weighted by molar-refractivity contribution is 0.309. The Hall–Kier alpha value is -0.0400. The SMILES string of the molecule is CC1CCC2CNCCC[C@H]2CC1. The largest absolute Gasteiger partial charge is 0.316 e. The second-order valence-corrected chi connectivity index (χ2v) is 5.13. The van der Waals surface area contributed by atoms with Gasteiger partial charge in [0.2, 0.25) is 0 Å². The summed E-state index contributed by atoms with van der Waals surface area (Å²) in [4.78, 5) is 0. The van der Waals surface area contributed by atoms with Crippen molar-refractivity contribution in [3.63, 3.8) is 0 Å². The molecule has 0 radical (unpaired) electrons. The first-order chi connectivity index (χ1) is 6.36. The van der Waals surface area contributed by atoms with E-state index >= 15 is 0 Å². The van der Waals surface area contributed by atoms with Gasteiger partial charge < -0.3 is 5.32 Å². The zero-order chi connectivity index (χ0) is 9.10. The highest BCUT2D eigenvalue weighted by Gasteiger charge is 2.26. The molecule has 0 aromatic rings. The first-order valence-electron chi connectivity index (χ1n) is 6.07. The highest BCUT2D eigenvalue weighted by Crippen LogP contribution is 2.34. The summed E-state index contributed by atoms with van der Waals surface area (Å²) in [6, 6.07) is 0. The topological polar surface area (TPSA) is 12.0 Å². The fraction of sp³-hybridized carbons (Fsp3) is 1.00. The summed E-state index contributed by atoms with van der Waals surface area (Å²) in [6.07, 6.45) is 8.86. The molecule has 1 saturated heterocycles. The Morgan fingerprint density at radius 1 is 0.923 bits per heavy atom. The van der Waals surface area contributed by atoms with Gasteiger partial charge in [-0.1, -0.05) is 19.8 Å². The van der Waals surface area contributed by atoms with Gasteiger partial charge in [0, 0.05) is 0 Å². The summed E-state index contributed by atoms with van der Waals surface area (Å²) in [6.45, 7) is 5.00. The van der Waals surface area contributed by atoms with Crippen molar-refractivity contribution < 1.29 is 0 Å². The monoisotopic (exact) mass is 181 g/mol. The zero-order valence-electron chi connectivity index (χ0n) is 8.89. The first kappa shape index (κ1) is 9.51. The molecule has 1 aliphatic carbocycles. The van der Waals surface area contributed by atoms with Gasteiger partial charge in [0.25, 0.3) is 0 Å². The van der Waals surface area contributed by atoms with Crippen molar-refractivity contribution in [2.24, 2.45) is 17.8 Å². The maximum Gasteiger partial charge on any atom is -0.00179 e. The van der Waals surface area contributed by atoms with Crippen LogP contribution in [-0.4, -0.2) is 13.1 Å². The summed E-state index contributed by atoms with van der Waals surface area (Å²) < 4.78 is 0. The van der Waals surface area contributed by atoms with Gasteiger partial charge in [0.1, 0.15) is 0 Å². The van der Waals surface area contributed by atoms with Crippen LogP contribution in [0, 0.1) is 17.8 Å². The molecule has 1 nitrogen and oxygen atoms in total. The summed E-state index contributed by atoms with van der Waals surface area (Å²) in [5.41, 5.74) is 0. The highest BCUT2D eigenvalue weighted by molar-refractivity contribution is 4.80. The quantitative estimate of drug-likeness (QED) is 0.606. The lowest BCUT2D eigenvalue weighted by Gasteiger charge is -2.21. The Bertz CT molecular complexity index is 139. The minimum Gasteiger partial charge on any atom is -0.316 e. The van der Waals surface area contributed by atoms with Crippen LogP contribution < -0.4 is 5.32 Å². The van der Waals surface area contributed by atoms with E-state index in [2.05, 4.69) is 12.2 Å². The number of hydrogen-bond donors (Lipinski definition) is 1. The molecule has 13 heavy (non-hydrogen) atoms. The minimum absolute atomic E-state index is 0.993. The van der Waals surface area contributed by atoms with Crippen LogP contribution in [0.2, 0.25) is 0 Å². The van der Waals surface area contributed by atoms with E-state index in [-0.39, 0.29) is 0 Å². The molecule has 1 saturated carbocycles. The molecule has 0 amide bonds. The second kappa shape index (κ2) is 4.45. The van der Waals surface area contributed by atoms with Gasteiger partial charge in [-0.25, -0.2) is 0 Å². The van der Waals surface area contributed by atoms with E-state index in [1.165, 1.54) is 51.6 Å². The lowest BCUT2D eigenvalue weighted by Crippen LogP contribution is -2.24. The van der Waals surface area contributed by atoms with Crippen LogP contribution in [0.4, 0.5) is 0 Å². The van der Waals surface area contributed by atoms with Crippen molar-refractivity contribution in [1.82, 2.24) is 5.32 Å². The van der Waals surface area contributed by atoms with Gasteiger partial charge in [-0.05, 0) is 56.5 Å². The average Bonchev–Trinajstić information content (AvgIpc) is 2.43.